The molecule has 0 radical (unpaired) electrons. The van der Waals surface area contributed by atoms with E-state index in [9.17, 15) is 19.2 Å². The molecule has 2 aliphatic heterocycles. The Hall–Kier alpha value is -1.54. The number of piperidine rings is 2. The summed E-state index contributed by atoms with van der Waals surface area (Å²) < 4.78 is 0. The van der Waals surface area contributed by atoms with Gasteiger partial charge in [0.05, 0.1) is 9.73 Å². The van der Waals surface area contributed by atoms with Gasteiger partial charge in [0.1, 0.15) is 6.67 Å². The molecule has 19 heavy (non-hydrogen) atoms. The van der Waals surface area contributed by atoms with Crippen molar-refractivity contribution in [3.63, 3.8) is 0 Å². The van der Waals surface area contributed by atoms with Crippen LogP contribution in [0.5, 0.6) is 0 Å². The van der Waals surface area contributed by atoms with Crippen molar-refractivity contribution >= 4 is 57.8 Å². The third-order valence-corrected chi connectivity index (χ3v) is 3.74. The first-order valence-electron chi connectivity index (χ1n) is 5.67. The summed E-state index contributed by atoms with van der Waals surface area (Å²) in [6, 6.07) is 0. The first-order valence-corrected chi connectivity index (χ1v) is 6.48. The lowest BCUT2D eigenvalue weighted by molar-refractivity contribution is -0.151. The topological polar surface area (TPSA) is 74.8 Å². The molecule has 4 amide bonds. The quantitative estimate of drug-likeness (QED) is 0.527. The fourth-order valence-electron chi connectivity index (χ4n) is 1.88. The third kappa shape index (κ3) is 2.59. The first kappa shape index (κ1) is 13.9. The van der Waals surface area contributed by atoms with E-state index < -0.39 is 30.3 Å². The second-order valence-corrected chi connectivity index (χ2v) is 5.23. The van der Waals surface area contributed by atoms with Crippen molar-refractivity contribution in [2.75, 3.05) is 6.67 Å². The summed E-state index contributed by atoms with van der Waals surface area (Å²) in [6.07, 6.45) is 0.712. The molecule has 2 saturated heterocycles. The van der Waals surface area contributed by atoms with Gasteiger partial charge < -0.3 is 0 Å². The van der Waals surface area contributed by atoms with Crippen LogP contribution in [-0.2, 0) is 19.2 Å². The highest BCUT2D eigenvalue weighted by atomic mass is 32.1. The highest BCUT2D eigenvalue weighted by Crippen LogP contribution is 2.16. The highest BCUT2D eigenvalue weighted by Gasteiger charge is 2.37. The standard InChI is InChI=1S/C11H10N2O4S2/c14-8-3-1-6(18)10(16)12(8)5-13-9(15)4-2-7(19)11(13)17/h1-5H2. The van der Waals surface area contributed by atoms with Crippen LogP contribution in [0.1, 0.15) is 25.7 Å². The number of rotatable bonds is 2. The van der Waals surface area contributed by atoms with Crippen LogP contribution in [-0.4, -0.2) is 49.8 Å². The van der Waals surface area contributed by atoms with Crippen molar-refractivity contribution in [1.82, 2.24) is 9.80 Å². The van der Waals surface area contributed by atoms with E-state index in [4.69, 9.17) is 24.4 Å². The molecule has 0 aliphatic carbocycles. The number of carbonyl (C=O) groups excluding carboxylic acids is 4. The molecule has 2 rings (SSSR count). The molecular weight excluding hydrogens is 288 g/mol. The molecule has 2 fully saturated rings. The van der Waals surface area contributed by atoms with Crippen LogP contribution in [0, 0.1) is 0 Å². The fourth-order valence-corrected chi connectivity index (χ4v) is 2.30. The Bertz CT molecular complexity index is 483. The van der Waals surface area contributed by atoms with Crippen molar-refractivity contribution in [2.24, 2.45) is 0 Å². The lowest BCUT2D eigenvalue weighted by atomic mass is 10.1. The van der Waals surface area contributed by atoms with E-state index in [0.717, 1.165) is 9.80 Å². The summed E-state index contributed by atoms with van der Waals surface area (Å²) in [5.41, 5.74) is 0. The summed E-state index contributed by atoms with van der Waals surface area (Å²) >= 11 is 9.70. The van der Waals surface area contributed by atoms with Gasteiger partial charge in [-0.1, -0.05) is 24.4 Å². The third-order valence-electron chi connectivity index (χ3n) is 2.98. The fraction of sp³-hybridized carbons (Fsp3) is 0.455. The van der Waals surface area contributed by atoms with E-state index in [1.54, 1.807) is 0 Å². The molecule has 0 atom stereocenters. The van der Waals surface area contributed by atoms with Gasteiger partial charge in [0.2, 0.25) is 11.8 Å². The van der Waals surface area contributed by atoms with Gasteiger partial charge in [-0.25, -0.2) is 0 Å². The molecule has 0 saturated carbocycles. The van der Waals surface area contributed by atoms with Crippen LogP contribution < -0.4 is 0 Å². The predicted molar refractivity (Wildman–Crippen MR) is 72.2 cm³/mol. The summed E-state index contributed by atoms with van der Waals surface area (Å²) in [5, 5.41) is 0. The first-order chi connectivity index (χ1) is 8.91. The molecule has 0 aromatic carbocycles. The van der Waals surface area contributed by atoms with Gasteiger partial charge in [-0.2, -0.15) is 0 Å². The smallest absolute Gasteiger partial charge is 0.268 e. The molecular formula is C11H10N2O4S2. The second-order valence-electron chi connectivity index (χ2n) is 4.24. The monoisotopic (exact) mass is 298 g/mol. The van der Waals surface area contributed by atoms with Crippen LogP contribution in [0.2, 0.25) is 0 Å². The van der Waals surface area contributed by atoms with E-state index in [1.165, 1.54) is 0 Å². The average Bonchev–Trinajstić information content (AvgIpc) is 2.38. The number of imide groups is 2. The zero-order valence-corrected chi connectivity index (χ0v) is 11.5. The van der Waals surface area contributed by atoms with Crippen LogP contribution in [0.15, 0.2) is 0 Å². The Labute approximate surface area is 119 Å². The van der Waals surface area contributed by atoms with Gasteiger partial charge in [-0.05, 0) is 12.8 Å². The molecule has 2 aliphatic rings. The van der Waals surface area contributed by atoms with E-state index in [0.29, 0.717) is 0 Å². The number of thiocarbonyl (C=S) groups is 2. The van der Waals surface area contributed by atoms with Gasteiger partial charge >= 0.3 is 0 Å². The number of likely N-dealkylation sites (tertiary alicyclic amines) is 2. The highest BCUT2D eigenvalue weighted by molar-refractivity contribution is 7.82. The van der Waals surface area contributed by atoms with Crippen molar-refractivity contribution in [2.45, 2.75) is 25.7 Å². The number of hydrogen-bond donors (Lipinski definition) is 0. The Balaban J connectivity index is 2.18. The summed E-state index contributed by atoms with van der Waals surface area (Å²) in [7, 11) is 0. The maximum atomic E-state index is 11.8. The van der Waals surface area contributed by atoms with Crippen LogP contribution in [0.25, 0.3) is 0 Å². The molecule has 0 unspecified atom stereocenters. The van der Waals surface area contributed by atoms with Crippen LogP contribution >= 0.6 is 24.4 Å². The van der Waals surface area contributed by atoms with Gasteiger partial charge in [0.25, 0.3) is 11.8 Å². The van der Waals surface area contributed by atoms with Crippen molar-refractivity contribution in [1.29, 1.82) is 0 Å². The van der Waals surface area contributed by atoms with E-state index in [-0.39, 0.29) is 35.4 Å². The van der Waals surface area contributed by atoms with Gasteiger partial charge in [-0.15, -0.1) is 0 Å². The van der Waals surface area contributed by atoms with Crippen LogP contribution in [0.3, 0.4) is 0 Å². The second kappa shape index (κ2) is 5.22. The summed E-state index contributed by atoms with van der Waals surface area (Å²) in [4.78, 5) is 48.9. The molecule has 0 spiro atoms. The lowest BCUT2D eigenvalue weighted by Gasteiger charge is -2.32. The van der Waals surface area contributed by atoms with Gasteiger partial charge in [0, 0.05) is 12.8 Å². The minimum absolute atomic E-state index is 0.116. The van der Waals surface area contributed by atoms with E-state index >= 15 is 0 Å². The Morgan fingerprint density at radius 1 is 0.737 bits per heavy atom. The summed E-state index contributed by atoms with van der Waals surface area (Å²) in [5.74, 6) is -2.09. The maximum absolute atomic E-state index is 11.8. The molecule has 0 aromatic rings. The van der Waals surface area contributed by atoms with Crippen LogP contribution in [0.4, 0.5) is 0 Å². The zero-order chi connectivity index (χ0) is 14.2. The van der Waals surface area contributed by atoms with Crippen molar-refractivity contribution in [3.8, 4) is 0 Å². The normalized spacial score (nSPS) is 21.5. The molecule has 0 N–H and O–H groups in total. The SMILES string of the molecule is O=C1CCC(=S)C(=O)N1CN1C(=O)CCC(=S)C1=O. The lowest BCUT2D eigenvalue weighted by Crippen LogP contribution is -2.55. The molecule has 0 bridgehead atoms. The number of amides is 4. The average molecular weight is 298 g/mol. The Morgan fingerprint density at radius 3 is 1.47 bits per heavy atom. The maximum Gasteiger partial charge on any atom is 0.268 e. The number of nitrogens with zero attached hydrogens (tertiary/aromatic N) is 2. The minimum atomic E-state index is -0.608. The zero-order valence-electron chi connectivity index (χ0n) is 9.88. The Kier molecular flexibility index (Phi) is 3.81. The molecule has 6 nitrogen and oxygen atoms in total. The molecule has 100 valence electrons. The number of hydrogen-bond acceptors (Lipinski definition) is 6. The van der Waals surface area contributed by atoms with E-state index in [2.05, 4.69) is 0 Å². The Morgan fingerprint density at radius 2 is 1.11 bits per heavy atom. The largest absolute Gasteiger partial charge is 0.274 e. The van der Waals surface area contributed by atoms with Crippen molar-refractivity contribution < 1.29 is 19.2 Å². The molecule has 0 aromatic heterocycles. The molecule has 8 heteroatoms. The van der Waals surface area contributed by atoms with Gasteiger partial charge in [0.15, 0.2) is 0 Å². The van der Waals surface area contributed by atoms with Crippen molar-refractivity contribution in [3.05, 3.63) is 0 Å². The molecule has 2 heterocycles. The number of carbonyl (C=O) groups is 4. The summed E-state index contributed by atoms with van der Waals surface area (Å²) in [6.45, 7) is -0.393. The predicted octanol–water partition coefficient (Wildman–Crippen LogP) is -0.0183. The minimum Gasteiger partial charge on any atom is -0.274 e. The van der Waals surface area contributed by atoms with Gasteiger partial charge in [-0.3, -0.25) is 29.0 Å². The van der Waals surface area contributed by atoms with E-state index in [1.807, 2.05) is 0 Å².